The quantitative estimate of drug-likeness (QED) is 0.386. The molecule has 4 aromatic heterocycles. The highest BCUT2D eigenvalue weighted by molar-refractivity contribution is 5.96. The molecule has 11 heteroatoms. The number of nitrogens with zero attached hydrogens (tertiary/aromatic N) is 7. The SMILES string of the molecule is COC1CCN(c2nccc(Nc3cc4c(cn3)c(-c3cnn(CC(N)=O)c3)cn4C(C)C)n2)CC1. The van der Waals surface area contributed by atoms with Crippen molar-refractivity contribution >= 4 is 34.4 Å². The van der Waals surface area contributed by atoms with E-state index in [2.05, 4.69) is 49.9 Å². The van der Waals surface area contributed by atoms with E-state index in [1.807, 2.05) is 24.5 Å². The summed E-state index contributed by atoms with van der Waals surface area (Å²) < 4.78 is 9.22. The van der Waals surface area contributed by atoms with Gasteiger partial charge in [-0.2, -0.15) is 10.1 Å². The van der Waals surface area contributed by atoms with Gasteiger partial charge in [0.1, 0.15) is 18.2 Å². The smallest absolute Gasteiger partial charge is 0.239 e. The number of carbonyl (C=O) groups is 1. The van der Waals surface area contributed by atoms with Crippen LogP contribution in [0, 0.1) is 0 Å². The number of hydrogen-bond acceptors (Lipinski definition) is 8. The molecule has 1 saturated heterocycles. The van der Waals surface area contributed by atoms with Gasteiger partial charge in [-0.15, -0.1) is 0 Å². The molecule has 0 radical (unpaired) electrons. The van der Waals surface area contributed by atoms with Gasteiger partial charge in [0.05, 0.1) is 17.8 Å². The predicted molar refractivity (Wildman–Crippen MR) is 138 cm³/mol. The molecule has 11 nitrogen and oxygen atoms in total. The van der Waals surface area contributed by atoms with E-state index in [1.54, 1.807) is 24.2 Å². The Bertz CT molecular complexity index is 1370. The van der Waals surface area contributed by atoms with E-state index >= 15 is 0 Å². The summed E-state index contributed by atoms with van der Waals surface area (Å²) in [5.41, 5.74) is 8.25. The molecule has 5 rings (SSSR count). The molecule has 0 aliphatic carbocycles. The number of anilines is 3. The number of hydrogen-bond donors (Lipinski definition) is 2. The zero-order valence-electron chi connectivity index (χ0n) is 20.8. The second kappa shape index (κ2) is 9.94. The van der Waals surface area contributed by atoms with E-state index in [4.69, 9.17) is 15.5 Å². The molecular weight excluding hydrogens is 458 g/mol. The molecular formula is C25H31N9O2. The molecule has 0 unspecified atom stereocenters. The Morgan fingerprint density at radius 1 is 1.19 bits per heavy atom. The van der Waals surface area contributed by atoms with Crippen LogP contribution < -0.4 is 16.0 Å². The molecule has 0 spiro atoms. The predicted octanol–water partition coefficient (Wildman–Crippen LogP) is 3.11. The number of carbonyl (C=O) groups excluding carboxylic acids is 1. The first-order chi connectivity index (χ1) is 17.4. The zero-order chi connectivity index (χ0) is 25.2. The Balaban J connectivity index is 1.41. The largest absolute Gasteiger partial charge is 0.381 e. The van der Waals surface area contributed by atoms with Crippen molar-refractivity contribution in [3.05, 3.63) is 43.1 Å². The molecule has 188 valence electrons. The number of nitrogens with one attached hydrogen (secondary N) is 1. The molecule has 1 fully saturated rings. The second-order valence-corrected chi connectivity index (χ2v) is 9.31. The van der Waals surface area contributed by atoms with Crippen molar-refractivity contribution in [2.45, 2.75) is 45.4 Å². The highest BCUT2D eigenvalue weighted by Gasteiger charge is 2.21. The molecule has 0 aromatic carbocycles. The zero-order valence-corrected chi connectivity index (χ0v) is 20.8. The van der Waals surface area contributed by atoms with E-state index in [0.29, 0.717) is 23.7 Å². The van der Waals surface area contributed by atoms with Gasteiger partial charge in [-0.25, -0.2) is 9.97 Å². The molecule has 4 aromatic rings. The molecule has 5 heterocycles. The van der Waals surface area contributed by atoms with Gasteiger partial charge in [-0.05, 0) is 32.8 Å². The van der Waals surface area contributed by atoms with Gasteiger partial charge in [0, 0.05) is 73.6 Å². The minimum Gasteiger partial charge on any atom is -0.381 e. The van der Waals surface area contributed by atoms with Crippen molar-refractivity contribution in [2.75, 3.05) is 30.4 Å². The lowest BCUT2D eigenvalue weighted by Crippen LogP contribution is -2.37. The first-order valence-corrected chi connectivity index (χ1v) is 12.1. The maximum absolute atomic E-state index is 11.3. The summed E-state index contributed by atoms with van der Waals surface area (Å²) in [4.78, 5) is 27.3. The summed E-state index contributed by atoms with van der Waals surface area (Å²) >= 11 is 0. The summed E-state index contributed by atoms with van der Waals surface area (Å²) in [6.07, 6.45) is 11.5. The van der Waals surface area contributed by atoms with Crippen LogP contribution in [0.5, 0.6) is 0 Å². The lowest BCUT2D eigenvalue weighted by atomic mass is 10.1. The molecule has 36 heavy (non-hydrogen) atoms. The summed E-state index contributed by atoms with van der Waals surface area (Å²) in [7, 11) is 1.76. The lowest BCUT2D eigenvalue weighted by molar-refractivity contribution is -0.118. The van der Waals surface area contributed by atoms with Crippen LogP contribution in [0.1, 0.15) is 32.7 Å². The number of ether oxygens (including phenoxy) is 1. The molecule has 1 amide bonds. The molecule has 0 saturated carbocycles. The van der Waals surface area contributed by atoms with Crippen LogP contribution in [-0.4, -0.2) is 61.5 Å². The molecule has 0 atom stereocenters. The average molecular weight is 490 g/mol. The van der Waals surface area contributed by atoms with Gasteiger partial charge in [-0.3, -0.25) is 9.48 Å². The summed E-state index contributed by atoms with van der Waals surface area (Å²) in [5, 5.41) is 8.61. The Labute approximate surface area is 209 Å². The first kappa shape index (κ1) is 23.7. The number of nitrogens with two attached hydrogens (primary N) is 1. The van der Waals surface area contributed by atoms with Crippen LogP contribution in [0.4, 0.5) is 17.6 Å². The van der Waals surface area contributed by atoms with Gasteiger partial charge in [0.25, 0.3) is 0 Å². The van der Waals surface area contributed by atoms with E-state index in [9.17, 15) is 4.79 Å². The Kier molecular flexibility index (Phi) is 6.55. The van der Waals surface area contributed by atoms with Gasteiger partial charge < -0.3 is 25.3 Å². The van der Waals surface area contributed by atoms with Crippen LogP contribution in [0.2, 0.25) is 0 Å². The molecule has 1 aliphatic rings. The maximum Gasteiger partial charge on any atom is 0.239 e. The molecule has 3 N–H and O–H groups in total. The van der Waals surface area contributed by atoms with E-state index in [0.717, 1.165) is 48.0 Å². The minimum atomic E-state index is -0.432. The van der Waals surface area contributed by atoms with Crippen molar-refractivity contribution in [1.82, 2.24) is 29.3 Å². The van der Waals surface area contributed by atoms with E-state index in [-0.39, 0.29) is 12.6 Å². The number of aromatic nitrogens is 6. The number of piperidine rings is 1. The Hall–Kier alpha value is -3.99. The van der Waals surface area contributed by atoms with Gasteiger partial charge in [-0.1, -0.05) is 0 Å². The van der Waals surface area contributed by atoms with Crippen molar-refractivity contribution in [3.63, 3.8) is 0 Å². The third kappa shape index (κ3) is 4.87. The van der Waals surface area contributed by atoms with Gasteiger partial charge >= 0.3 is 0 Å². The van der Waals surface area contributed by atoms with Crippen molar-refractivity contribution in [3.8, 4) is 11.1 Å². The average Bonchev–Trinajstić information content (AvgIpc) is 3.48. The third-order valence-electron chi connectivity index (χ3n) is 6.49. The van der Waals surface area contributed by atoms with Crippen LogP contribution in [0.15, 0.2) is 43.1 Å². The summed E-state index contributed by atoms with van der Waals surface area (Å²) in [5.74, 6) is 1.66. The summed E-state index contributed by atoms with van der Waals surface area (Å²) in [6.45, 7) is 6.05. The van der Waals surface area contributed by atoms with E-state index < -0.39 is 5.91 Å². The van der Waals surface area contributed by atoms with E-state index in [1.165, 1.54) is 0 Å². The third-order valence-corrected chi connectivity index (χ3v) is 6.49. The number of amides is 1. The number of primary amides is 1. The fourth-order valence-corrected chi connectivity index (χ4v) is 4.61. The maximum atomic E-state index is 11.3. The molecule has 0 bridgehead atoms. The van der Waals surface area contributed by atoms with Gasteiger partial charge in [0.15, 0.2) is 0 Å². The highest BCUT2D eigenvalue weighted by Crippen LogP contribution is 2.33. The Morgan fingerprint density at radius 3 is 2.72 bits per heavy atom. The minimum absolute atomic E-state index is 0.0421. The monoisotopic (exact) mass is 489 g/mol. The standard InChI is InChI=1S/C25H31N9O2/c1-16(2)34-14-20(17-11-29-33(13-17)15-22(26)35)19-12-28-24(10-21(19)34)30-23-4-7-27-25(31-23)32-8-5-18(36-3)6-9-32/h4,7,10-14,16,18H,5-6,8-9,15H2,1-3H3,(H2,26,35)(H,27,28,30,31). The van der Waals surface area contributed by atoms with Gasteiger partial charge in [0.2, 0.25) is 11.9 Å². The second-order valence-electron chi connectivity index (χ2n) is 9.31. The summed E-state index contributed by atoms with van der Waals surface area (Å²) in [6, 6.07) is 4.11. The van der Waals surface area contributed by atoms with Crippen molar-refractivity contribution in [1.29, 1.82) is 0 Å². The normalized spacial score (nSPS) is 14.6. The number of fused-ring (bicyclic) bond motifs is 1. The van der Waals surface area contributed by atoms with Crippen LogP contribution >= 0.6 is 0 Å². The fourth-order valence-electron chi connectivity index (χ4n) is 4.61. The first-order valence-electron chi connectivity index (χ1n) is 12.1. The lowest BCUT2D eigenvalue weighted by Gasteiger charge is -2.31. The number of methoxy groups -OCH3 is 1. The topological polar surface area (TPSA) is 129 Å². The number of pyridine rings is 1. The van der Waals surface area contributed by atoms with Crippen LogP contribution in [-0.2, 0) is 16.1 Å². The Morgan fingerprint density at radius 2 is 2.00 bits per heavy atom. The van der Waals surface area contributed by atoms with Crippen LogP contribution in [0.25, 0.3) is 22.0 Å². The van der Waals surface area contributed by atoms with Crippen molar-refractivity contribution in [2.24, 2.45) is 5.73 Å². The van der Waals surface area contributed by atoms with Crippen LogP contribution in [0.3, 0.4) is 0 Å². The highest BCUT2D eigenvalue weighted by atomic mass is 16.5. The van der Waals surface area contributed by atoms with Crippen molar-refractivity contribution < 1.29 is 9.53 Å². The fraction of sp³-hybridized carbons (Fsp3) is 0.400. The number of rotatable bonds is 8. The molecule has 1 aliphatic heterocycles.